The van der Waals surface area contributed by atoms with Crippen LogP contribution in [-0.2, 0) is 14.4 Å². The number of aliphatic hydroxyl groups excluding tert-OH is 1. The van der Waals surface area contributed by atoms with Crippen molar-refractivity contribution in [3.8, 4) is 0 Å². The van der Waals surface area contributed by atoms with Crippen LogP contribution in [0.4, 0.5) is 0 Å². The smallest absolute Gasteiger partial charge is 0.322 e. The van der Waals surface area contributed by atoms with Crippen molar-refractivity contribution in [3.05, 3.63) is 12.2 Å². The van der Waals surface area contributed by atoms with Crippen LogP contribution in [0.25, 0.3) is 0 Å². The monoisotopic (exact) mass is 472 g/mol. The summed E-state index contributed by atoms with van der Waals surface area (Å²) in [6, 6.07) is 0. The quantitative estimate of drug-likeness (QED) is 0.138. The number of aliphatic hydroxyl groups is 1. The summed E-state index contributed by atoms with van der Waals surface area (Å²) in [6.45, 7) is 1.84. The lowest BCUT2D eigenvalue weighted by Crippen LogP contribution is -2.30. The van der Waals surface area contributed by atoms with Gasteiger partial charge >= 0.3 is 5.97 Å². The van der Waals surface area contributed by atoms with E-state index in [9.17, 15) is 19.5 Å². The Morgan fingerprint density at radius 1 is 0.969 bits per heavy atom. The molecule has 2 atom stereocenters. The molecule has 0 aromatic heterocycles. The largest absolute Gasteiger partial charge is 0.480 e. The van der Waals surface area contributed by atoms with Crippen LogP contribution < -0.4 is 11.1 Å². The third-order valence-corrected chi connectivity index (χ3v) is 6.49. The van der Waals surface area contributed by atoms with Gasteiger partial charge in [0.2, 0.25) is 11.8 Å². The first kappa shape index (κ1) is 30.5. The molecule has 186 valence electrons. The molecule has 0 aromatic rings. The Hall–Kier alpha value is -1.54. The minimum Gasteiger partial charge on any atom is -0.480 e. The fraction of sp³-hybridized carbons (Fsp3) is 0.792. The average molecular weight is 473 g/mol. The van der Waals surface area contributed by atoms with Crippen LogP contribution >= 0.6 is 11.8 Å². The van der Waals surface area contributed by atoms with E-state index in [2.05, 4.69) is 18.3 Å². The molecule has 0 heterocycles. The van der Waals surface area contributed by atoms with Crippen molar-refractivity contribution in [1.29, 1.82) is 0 Å². The first-order chi connectivity index (χ1) is 15.4. The first-order valence-electron chi connectivity index (χ1n) is 12.1. The SMILES string of the molecule is CCCCCCCCCCCC/C=C\C(SCCC(=O)NCC(=O)O)C(O)CCC(N)=O. The molecule has 0 radical (unpaired) electrons. The molecule has 0 aromatic carbocycles. The lowest BCUT2D eigenvalue weighted by atomic mass is 10.1. The predicted molar refractivity (Wildman–Crippen MR) is 132 cm³/mol. The second kappa shape index (κ2) is 21.3. The van der Waals surface area contributed by atoms with Crippen molar-refractivity contribution in [2.45, 2.75) is 108 Å². The van der Waals surface area contributed by atoms with Crippen LogP contribution in [-0.4, -0.2) is 51.6 Å². The lowest BCUT2D eigenvalue weighted by molar-refractivity contribution is -0.137. The Kier molecular flexibility index (Phi) is 20.3. The summed E-state index contributed by atoms with van der Waals surface area (Å²) < 4.78 is 0. The van der Waals surface area contributed by atoms with Crippen molar-refractivity contribution in [2.75, 3.05) is 12.3 Å². The van der Waals surface area contributed by atoms with Gasteiger partial charge in [-0.1, -0.05) is 76.9 Å². The summed E-state index contributed by atoms with van der Waals surface area (Å²) in [5, 5.41) is 21.1. The number of carboxylic acid groups (broad SMARTS) is 1. The molecule has 0 aliphatic heterocycles. The van der Waals surface area contributed by atoms with Gasteiger partial charge in [-0.05, 0) is 19.3 Å². The van der Waals surface area contributed by atoms with Gasteiger partial charge in [0.1, 0.15) is 6.54 Å². The van der Waals surface area contributed by atoms with Gasteiger partial charge in [-0.15, -0.1) is 0 Å². The molecule has 0 aliphatic rings. The van der Waals surface area contributed by atoms with Crippen molar-refractivity contribution in [2.24, 2.45) is 5.73 Å². The lowest BCUT2D eigenvalue weighted by Gasteiger charge is -2.19. The van der Waals surface area contributed by atoms with Gasteiger partial charge in [0.25, 0.3) is 0 Å². The van der Waals surface area contributed by atoms with Gasteiger partial charge in [-0.2, -0.15) is 11.8 Å². The zero-order valence-electron chi connectivity index (χ0n) is 19.7. The number of unbranched alkanes of at least 4 members (excludes halogenated alkanes) is 10. The zero-order chi connectivity index (χ0) is 24.0. The number of amides is 2. The summed E-state index contributed by atoms with van der Waals surface area (Å²) in [6.07, 6.45) is 17.7. The van der Waals surface area contributed by atoms with E-state index in [0.717, 1.165) is 12.8 Å². The van der Waals surface area contributed by atoms with Gasteiger partial charge < -0.3 is 21.3 Å². The average Bonchev–Trinajstić information content (AvgIpc) is 2.75. The molecule has 0 saturated heterocycles. The normalized spacial score (nSPS) is 13.2. The van der Waals surface area contributed by atoms with E-state index in [1.54, 1.807) is 0 Å². The van der Waals surface area contributed by atoms with Crippen molar-refractivity contribution in [1.82, 2.24) is 5.32 Å². The van der Waals surface area contributed by atoms with Crippen molar-refractivity contribution < 1.29 is 24.6 Å². The molecule has 0 fully saturated rings. The minimum atomic E-state index is -1.08. The number of carbonyl (C=O) groups excluding carboxylic acids is 2. The summed E-state index contributed by atoms with van der Waals surface area (Å²) >= 11 is 1.43. The van der Waals surface area contributed by atoms with Crippen molar-refractivity contribution >= 4 is 29.5 Å². The Labute approximate surface area is 198 Å². The van der Waals surface area contributed by atoms with E-state index in [4.69, 9.17) is 10.8 Å². The number of aliphatic carboxylic acids is 1. The number of primary amides is 1. The van der Waals surface area contributed by atoms with Gasteiger partial charge in [0.05, 0.1) is 6.10 Å². The molecule has 7 nitrogen and oxygen atoms in total. The number of hydrogen-bond donors (Lipinski definition) is 4. The Balaban J connectivity index is 4.17. The number of rotatable bonds is 22. The second-order valence-corrected chi connectivity index (χ2v) is 9.51. The Bertz CT molecular complexity index is 542. The standard InChI is InChI=1S/C24H44N2O5S/c1-2-3-4-5-6-7-8-9-10-11-12-13-14-21(20(27)15-16-22(25)28)32-18-17-23(29)26-19-24(30)31/h13-14,20-21,27H,2-12,15-19H2,1H3,(H2,25,28)(H,26,29)(H,30,31)/b14-13-. The summed E-state index contributed by atoms with van der Waals surface area (Å²) in [5.74, 6) is -1.41. The van der Waals surface area contributed by atoms with Crippen molar-refractivity contribution in [3.63, 3.8) is 0 Å². The number of nitrogens with one attached hydrogen (secondary N) is 1. The molecule has 8 heteroatoms. The van der Waals surface area contributed by atoms with E-state index >= 15 is 0 Å². The molecular formula is C24H44N2O5S. The molecule has 5 N–H and O–H groups in total. The number of nitrogens with two attached hydrogens (primary N) is 1. The molecule has 2 unspecified atom stereocenters. The highest BCUT2D eigenvalue weighted by molar-refractivity contribution is 8.00. The fourth-order valence-electron chi connectivity index (χ4n) is 3.28. The van der Waals surface area contributed by atoms with E-state index in [-0.39, 0.29) is 30.4 Å². The number of carbonyl (C=O) groups is 3. The van der Waals surface area contributed by atoms with Gasteiger partial charge in [-0.3, -0.25) is 14.4 Å². The van der Waals surface area contributed by atoms with E-state index < -0.39 is 24.5 Å². The number of thioether (sulfide) groups is 1. The summed E-state index contributed by atoms with van der Waals surface area (Å²) in [7, 11) is 0. The van der Waals surface area contributed by atoms with E-state index in [0.29, 0.717) is 5.75 Å². The van der Waals surface area contributed by atoms with Crippen LogP contribution in [0.5, 0.6) is 0 Å². The first-order valence-corrected chi connectivity index (χ1v) is 13.1. The molecule has 32 heavy (non-hydrogen) atoms. The molecule has 0 rings (SSSR count). The molecule has 0 spiro atoms. The topological polar surface area (TPSA) is 130 Å². The fourth-order valence-corrected chi connectivity index (χ4v) is 4.44. The van der Waals surface area contributed by atoms with Gasteiger partial charge in [-0.25, -0.2) is 0 Å². The zero-order valence-corrected chi connectivity index (χ0v) is 20.5. The van der Waals surface area contributed by atoms with Crippen LogP contribution in [0.15, 0.2) is 12.2 Å². The predicted octanol–water partition coefficient (Wildman–Crippen LogP) is 4.17. The van der Waals surface area contributed by atoms with Crippen LogP contribution in [0.1, 0.15) is 96.8 Å². The highest BCUT2D eigenvalue weighted by atomic mass is 32.2. The summed E-state index contributed by atoms with van der Waals surface area (Å²) in [4.78, 5) is 33.2. The van der Waals surface area contributed by atoms with Gasteiger partial charge in [0.15, 0.2) is 0 Å². The molecule has 2 amide bonds. The van der Waals surface area contributed by atoms with Crippen LogP contribution in [0.3, 0.4) is 0 Å². The molecule has 0 aliphatic carbocycles. The molecule has 0 bridgehead atoms. The van der Waals surface area contributed by atoms with E-state index in [1.807, 2.05) is 6.08 Å². The Morgan fingerprint density at radius 3 is 2.12 bits per heavy atom. The maximum Gasteiger partial charge on any atom is 0.322 e. The molecular weight excluding hydrogens is 428 g/mol. The van der Waals surface area contributed by atoms with Crippen LogP contribution in [0, 0.1) is 0 Å². The third-order valence-electron chi connectivity index (χ3n) is 5.19. The number of hydrogen-bond acceptors (Lipinski definition) is 5. The van der Waals surface area contributed by atoms with Crippen LogP contribution in [0.2, 0.25) is 0 Å². The molecule has 0 saturated carbocycles. The third kappa shape index (κ3) is 20.4. The van der Waals surface area contributed by atoms with Gasteiger partial charge in [0, 0.05) is 23.8 Å². The number of carboxylic acids is 1. The summed E-state index contributed by atoms with van der Waals surface area (Å²) in [5.41, 5.74) is 5.18. The maximum atomic E-state index is 11.7. The number of allylic oxidation sites excluding steroid dienone is 1. The highest BCUT2D eigenvalue weighted by Gasteiger charge is 2.18. The highest BCUT2D eigenvalue weighted by Crippen LogP contribution is 2.21. The Morgan fingerprint density at radius 2 is 1.56 bits per heavy atom. The second-order valence-electron chi connectivity index (χ2n) is 8.23. The van der Waals surface area contributed by atoms with E-state index in [1.165, 1.54) is 69.5 Å². The maximum absolute atomic E-state index is 11.7. The minimum absolute atomic E-state index is 0.115.